The molecule has 3 aromatic rings. The Bertz CT molecular complexity index is 777. The van der Waals surface area contributed by atoms with Gasteiger partial charge in [-0.25, -0.2) is 0 Å². The van der Waals surface area contributed by atoms with Gasteiger partial charge in [-0.3, -0.25) is 0 Å². The molecule has 0 fully saturated rings. The van der Waals surface area contributed by atoms with Crippen molar-refractivity contribution in [3.8, 4) is 17.2 Å². The van der Waals surface area contributed by atoms with Crippen LogP contribution in [-0.2, 0) is 13.2 Å². The number of rotatable bonds is 4. The molecule has 0 aliphatic carbocycles. The minimum atomic E-state index is 0.125. The Morgan fingerprint density at radius 2 is 1.76 bits per heavy atom. The number of phenolic OH excluding ortho intramolecular Hbond substituents is 2. The first kappa shape index (κ1) is 13.4. The Kier molecular flexibility index (Phi) is 3.44. The molecule has 3 rings (SSSR count). The summed E-state index contributed by atoms with van der Waals surface area (Å²) in [5, 5.41) is 20.7. The number of aryl methyl sites for hydroxylation is 1. The second kappa shape index (κ2) is 5.40. The number of ether oxygens (including phenoxy) is 1. The third kappa shape index (κ3) is 2.40. The van der Waals surface area contributed by atoms with Crippen LogP contribution in [0.4, 0.5) is 0 Å². The van der Waals surface area contributed by atoms with Crippen LogP contribution in [-0.4, -0.2) is 14.8 Å². The molecule has 4 nitrogen and oxygen atoms in total. The number of phenols is 2. The predicted octanol–water partition coefficient (Wildman–Crippen LogP) is 3.65. The Morgan fingerprint density at radius 1 is 1.00 bits per heavy atom. The molecule has 0 spiro atoms. The second-order valence-electron chi connectivity index (χ2n) is 4.85. The van der Waals surface area contributed by atoms with Gasteiger partial charge in [-0.1, -0.05) is 24.3 Å². The number of hydrogen-bond donors (Lipinski definition) is 2. The fraction of sp³-hybridized carbons (Fsp3) is 0.176. The van der Waals surface area contributed by atoms with Gasteiger partial charge in [0, 0.05) is 11.9 Å². The van der Waals surface area contributed by atoms with Crippen molar-refractivity contribution in [1.82, 2.24) is 4.57 Å². The van der Waals surface area contributed by atoms with E-state index in [1.807, 2.05) is 35.8 Å². The Morgan fingerprint density at radius 3 is 2.52 bits per heavy atom. The van der Waals surface area contributed by atoms with Crippen molar-refractivity contribution in [1.29, 1.82) is 0 Å². The van der Waals surface area contributed by atoms with Gasteiger partial charge >= 0.3 is 0 Å². The van der Waals surface area contributed by atoms with Gasteiger partial charge in [-0.05, 0) is 31.2 Å². The zero-order valence-corrected chi connectivity index (χ0v) is 11.8. The topological polar surface area (TPSA) is 54.6 Å². The summed E-state index contributed by atoms with van der Waals surface area (Å²) in [6.45, 7) is 3.09. The standard InChI is InChI=1S/C17H17NO3/c1-2-18-13(10-12-6-5-8-15(20)17(12)18)11-21-16-9-4-3-7-14(16)19/h3-10,19-20H,2,11H2,1H3. The second-order valence-corrected chi connectivity index (χ2v) is 4.85. The zero-order chi connectivity index (χ0) is 14.8. The minimum absolute atomic E-state index is 0.125. The number of benzene rings is 2. The van der Waals surface area contributed by atoms with Gasteiger partial charge in [0.25, 0.3) is 0 Å². The molecule has 108 valence electrons. The van der Waals surface area contributed by atoms with Gasteiger partial charge in [0.15, 0.2) is 11.5 Å². The van der Waals surface area contributed by atoms with Crippen molar-refractivity contribution in [2.75, 3.05) is 0 Å². The molecule has 1 aromatic heterocycles. The van der Waals surface area contributed by atoms with E-state index < -0.39 is 0 Å². The maximum atomic E-state index is 10.0. The van der Waals surface area contributed by atoms with Crippen LogP contribution in [0.1, 0.15) is 12.6 Å². The first-order valence-corrected chi connectivity index (χ1v) is 6.91. The molecule has 0 aliphatic heterocycles. The van der Waals surface area contributed by atoms with Crippen LogP contribution < -0.4 is 4.74 Å². The summed E-state index contributed by atoms with van der Waals surface area (Å²) >= 11 is 0. The maximum absolute atomic E-state index is 10.0. The number of aromatic hydroxyl groups is 2. The van der Waals surface area contributed by atoms with Crippen molar-refractivity contribution in [2.45, 2.75) is 20.1 Å². The first-order valence-electron chi connectivity index (χ1n) is 6.91. The summed E-state index contributed by atoms with van der Waals surface area (Å²) in [6.07, 6.45) is 0. The van der Waals surface area contributed by atoms with Gasteiger partial charge in [0.05, 0.1) is 11.2 Å². The van der Waals surface area contributed by atoms with Crippen LogP contribution in [0.2, 0.25) is 0 Å². The van der Waals surface area contributed by atoms with Gasteiger partial charge in [0.2, 0.25) is 0 Å². The highest BCUT2D eigenvalue weighted by molar-refractivity contribution is 5.86. The molecule has 4 heteroatoms. The third-order valence-electron chi connectivity index (χ3n) is 3.54. The highest BCUT2D eigenvalue weighted by Gasteiger charge is 2.12. The summed E-state index contributed by atoms with van der Waals surface area (Å²) in [5.74, 6) is 0.845. The Balaban J connectivity index is 1.94. The van der Waals surface area contributed by atoms with E-state index in [0.717, 1.165) is 23.1 Å². The average Bonchev–Trinajstić information content (AvgIpc) is 2.85. The average molecular weight is 283 g/mol. The highest BCUT2D eigenvalue weighted by atomic mass is 16.5. The zero-order valence-electron chi connectivity index (χ0n) is 11.8. The lowest BCUT2D eigenvalue weighted by Crippen LogP contribution is -2.04. The molecule has 0 saturated carbocycles. The lowest BCUT2D eigenvalue weighted by Gasteiger charge is -2.11. The highest BCUT2D eigenvalue weighted by Crippen LogP contribution is 2.30. The lowest BCUT2D eigenvalue weighted by molar-refractivity contribution is 0.280. The van der Waals surface area contributed by atoms with Crippen molar-refractivity contribution in [2.24, 2.45) is 0 Å². The van der Waals surface area contributed by atoms with Gasteiger partial charge in [-0.15, -0.1) is 0 Å². The summed E-state index contributed by atoms with van der Waals surface area (Å²) in [7, 11) is 0. The van der Waals surface area contributed by atoms with E-state index in [9.17, 15) is 10.2 Å². The Hall–Kier alpha value is -2.62. The van der Waals surface area contributed by atoms with E-state index in [1.165, 1.54) is 0 Å². The van der Waals surface area contributed by atoms with E-state index in [2.05, 4.69) is 0 Å². The number of hydrogen-bond acceptors (Lipinski definition) is 3. The number of aromatic nitrogens is 1. The molecule has 0 amide bonds. The molecule has 1 heterocycles. The smallest absolute Gasteiger partial charge is 0.161 e. The van der Waals surface area contributed by atoms with Crippen LogP contribution >= 0.6 is 0 Å². The molecule has 0 radical (unpaired) electrons. The third-order valence-corrected chi connectivity index (χ3v) is 3.54. The predicted molar refractivity (Wildman–Crippen MR) is 81.7 cm³/mol. The van der Waals surface area contributed by atoms with Gasteiger partial charge in [0.1, 0.15) is 12.4 Å². The van der Waals surface area contributed by atoms with Crippen molar-refractivity contribution in [3.05, 3.63) is 54.2 Å². The van der Waals surface area contributed by atoms with Crippen molar-refractivity contribution < 1.29 is 14.9 Å². The number of fused-ring (bicyclic) bond motifs is 1. The van der Waals surface area contributed by atoms with E-state index in [0.29, 0.717) is 12.4 Å². The van der Waals surface area contributed by atoms with Crippen LogP contribution in [0.15, 0.2) is 48.5 Å². The number of nitrogens with zero attached hydrogens (tertiary/aromatic N) is 1. The summed E-state index contributed by atoms with van der Waals surface area (Å²) in [4.78, 5) is 0. The largest absolute Gasteiger partial charge is 0.506 e. The van der Waals surface area contributed by atoms with Crippen LogP contribution in [0.5, 0.6) is 17.2 Å². The quantitative estimate of drug-likeness (QED) is 0.768. The van der Waals surface area contributed by atoms with Crippen molar-refractivity contribution in [3.63, 3.8) is 0 Å². The molecular formula is C17H17NO3. The van der Waals surface area contributed by atoms with Gasteiger partial charge < -0.3 is 19.5 Å². The molecule has 0 bridgehead atoms. The maximum Gasteiger partial charge on any atom is 0.161 e. The van der Waals surface area contributed by atoms with E-state index in [-0.39, 0.29) is 11.5 Å². The van der Waals surface area contributed by atoms with Crippen LogP contribution in [0, 0.1) is 0 Å². The van der Waals surface area contributed by atoms with Crippen LogP contribution in [0.25, 0.3) is 10.9 Å². The molecule has 0 unspecified atom stereocenters. The molecule has 2 aromatic carbocycles. The molecule has 0 saturated heterocycles. The van der Waals surface area contributed by atoms with Crippen molar-refractivity contribution >= 4 is 10.9 Å². The monoisotopic (exact) mass is 283 g/mol. The fourth-order valence-electron chi connectivity index (χ4n) is 2.57. The molecule has 0 atom stereocenters. The molecule has 2 N–H and O–H groups in total. The van der Waals surface area contributed by atoms with E-state index >= 15 is 0 Å². The summed E-state index contributed by atoms with van der Waals surface area (Å²) in [6, 6.07) is 14.4. The SMILES string of the molecule is CCn1c(COc2ccccc2O)cc2cccc(O)c21. The lowest BCUT2D eigenvalue weighted by atomic mass is 10.2. The summed E-state index contributed by atoms with van der Waals surface area (Å²) < 4.78 is 7.70. The molecular weight excluding hydrogens is 266 g/mol. The minimum Gasteiger partial charge on any atom is -0.506 e. The van der Waals surface area contributed by atoms with E-state index in [1.54, 1.807) is 24.3 Å². The molecule has 0 aliphatic rings. The summed E-state index contributed by atoms with van der Waals surface area (Å²) in [5.41, 5.74) is 1.77. The fourth-order valence-corrected chi connectivity index (χ4v) is 2.57. The Labute approximate surface area is 122 Å². The molecule has 21 heavy (non-hydrogen) atoms. The van der Waals surface area contributed by atoms with Crippen LogP contribution in [0.3, 0.4) is 0 Å². The van der Waals surface area contributed by atoms with E-state index in [4.69, 9.17) is 4.74 Å². The number of para-hydroxylation sites is 3. The van der Waals surface area contributed by atoms with Gasteiger partial charge in [-0.2, -0.15) is 0 Å². The first-order chi connectivity index (χ1) is 10.2. The normalized spacial score (nSPS) is 10.9.